The lowest BCUT2D eigenvalue weighted by molar-refractivity contribution is -0.134. The third kappa shape index (κ3) is 1.75. The number of nitrogens with two attached hydrogens (primary N) is 1. The molecule has 8 atom stereocenters. The summed E-state index contributed by atoms with van der Waals surface area (Å²) in [6.45, 7) is 4.58. The van der Waals surface area contributed by atoms with E-state index >= 15 is 0 Å². The summed E-state index contributed by atoms with van der Waals surface area (Å²) < 4.78 is 0. The molecular weight excluding hydrogens is 274 g/mol. The fourth-order valence-corrected chi connectivity index (χ4v) is 6.36. The van der Waals surface area contributed by atoms with Gasteiger partial charge in [-0.05, 0) is 67.3 Å². The van der Waals surface area contributed by atoms with E-state index in [1.165, 1.54) is 0 Å². The highest BCUT2D eigenvalue weighted by atomic mass is 16.3. The zero-order valence-electron chi connectivity index (χ0n) is 13.7. The quantitative estimate of drug-likeness (QED) is 0.602. The smallest absolute Gasteiger partial charge is 0.0944 e. The van der Waals surface area contributed by atoms with Crippen molar-refractivity contribution in [2.75, 3.05) is 0 Å². The number of aliphatic hydroxyl groups is 2. The predicted octanol–water partition coefficient (Wildman–Crippen LogP) is 3.16. The molecule has 122 valence electrons. The van der Waals surface area contributed by atoms with Gasteiger partial charge in [0.05, 0.1) is 11.9 Å². The molecule has 0 unspecified atom stereocenters. The largest absolute Gasteiger partial charge is 0.512 e. The van der Waals surface area contributed by atoms with Gasteiger partial charge >= 0.3 is 0 Å². The third-order valence-corrected chi connectivity index (χ3v) is 7.78. The Hall–Kier alpha value is -0.800. The molecule has 0 aromatic carbocycles. The maximum atomic E-state index is 10.9. The molecule has 0 aromatic rings. The molecule has 2 saturated carbocycles. The highest BCUT2D eigenvalue weighted by molar-refractivity contribution is 5.24. The van der Waals surface area contributed by atoms with Crippen LogP contribution in [0.1, 0.15) is 46.0 Å². The molecule has 4 rings (SSSR count). The van der Waals surface area contributed by atoms with Crippen LogP contribution in [0.3, 0.4) is 0 Å². The Morgan fingerprint density at radius 2 is 2.00 bits per heavy atom. The minimum Gasteiger partial charge on any atom is -0.512 e. The molecule has 4 aliphatic rings. The monoisotopic (exact) mass is 303 g/mol. The summed E-state index contributed by atoms with van der Waals surface area (Å²) in [6.07, 6.45) is 11.2. The van der Waals surface area contributed by atoms with E-state index in [1.54, 1.807) is 0 Å². The van der Waals surface area contributed by atoms with Gasteiger partial charge in [-0.1, -0.05) is 26.0 Å². The molecule has 0 amide bonds. The zero-order valence-corrected chi connectivity index (χ0v) is 13.7. The van der Waals surface area contributed by atoms with E-state index < -0.39 is 0 Å². The van der Waals surface area contributed by atoms with Crippen LogP contribution in [0.2, 0.25) is 0 Å². The first-order valence-electron chi connectivity index (χ1n) is 8.89. The van der Waals surface area contributed by atoms with E-state index in [0.29, 0.717) is 29.4 Å². The standard InChI is InChI=1S/C19H29NO2/c1-18-7-5-12(20)9-11(18)10-15(21)17-13-3-4-16(22)19(13,2)8-6-14(17)18/h4-5,7,11-15,17,21-22H,3,6,8-10,20H2,1-2H3/t11-,12-,13-,14-,15-,17-,18-,19-/m0/s1. The lowest BCUT2D eigenvalue weighted by Crippen LogP contribution is -2.57. The molecule has 4 N–H and O–H groups in total. The Morgan fingerprint density at radius 3 is 2.77 bits per heavy atom. The van der Waals surface area contributed by atoms with E-state index in [1.807, 2.05) is 6.08 Å². The fourth-order valence-electron chi connectivity index (χ4n) is 6.36. The van der Waals surface area contributed by atoms with E-state index in [0.717, 1.165) is 32.1 Å². The Bertz CT molecular complexity index is 542. The van der Waals surface area contributed by atoms with Crippen molar-refractivity contribution in [1.82, 2.24) is 0 Å². The highest BCUT2D eigenvalue weighted by Crippen LogP contribution is 2.64. The normalized spacial score (nSPS) is 56.8. The number of hydrogen-bond acceptors (Lipinski definition) is 3. The number of hydrogen-bond donors (Lipinski definition) is 3. The minimum atomic E-state index is -0.245. The number of fused-ring (bicyclic) bond motifs is 5. The molecule has 0 aromatic heterocycles. The summed E-state index contributed by atoms with van der Waals surface area (Å²) in [6, 6.07) is 0.146. The van der Waals surface area contributed by atoms with Gasteiger partial charge in [0, 0.05) is 11.5 Å². The predicted molar refractivity (Wildman–Crippen MR) is 87.1 cm³/mol. The second-order valence-electron chi connectivity index (χ2n) is 8.70. The Morgan fingerprint density at radius 1 is 1.23 bits per heavy atom. The van der Waals surface area contributed by atoms with Crippen LogP contribution in [0.4, 0.5) is 0 Å². The molecule has 0 spiro atoms. The lowest BCUT2D eigenvalue weighted by Gasteiger charge is -2.60. The summed E-state index contributed by atoms with van der Waals surface area (Å²) in [5.41, 5.74) is 6.18. The fraction of sp³-hybridized carbons (Fsp3) is 0.789. The van der Waals surface area contributed by atoms with Crippen molar-refractivity contribution in [3.05, 3.63) is 24.0 Å². The van der Waals surface area contributed by atoms with Crippen LogP contribution < -0.4 is 5.73 Å². The van der Waals surface area contributed by atoms with Gasteiger partial charge in [0.2, 0.25) is 0 Å². The number of aliphatic hydroxyl groups excluding tert-OH is 2. The molecular formula is C19H29NO2. The average molecular weight is 303 g/mol. The van der Waals surface area contributed by atoms with Crippen molar-refractivity contribution < 1.29 is 10.2 Å². The second-order valence-corrected chi connectivity index (χ2v) is 8.70. The molecule has 3 heteroatoms. The number of rotatable bonds is 0. The lowest BCUT2D eigenvalue weighted by atomic mass is 9.45. The van der Waals surface area contributed by atoms with Crippen LogP contribution in [0.15, 0.2) is 24.0 Å². The van der Waals surface area contributed by atoms with Gasteiger partial charge in [-0.15, -0.1) is 0 Å². The van der Waals surface area contributed by atoms with Gasteiger partial charge in [0.1, 0.15) is 0 Å². The summed E-state index contributed by atoms with van der Waals surface area (Å²) in [5.74, 6) is 2.28. The van der Waals surface area contributed by atoms with Gasteiger partial charge in [-0.3, -0.25) is 0 Å². The van der Waals surface area contributed by atoms with E-state index in [2.05, 4.69) is 26.0 Å². The van der Waals surface area contributed by atoms with Crippen molar-refractivity contribution >= 4 is 0 Å². The molecule has 0 saturated heterocycles. The van der Waals surface area contributed by atoms with Crippen molar-refractivity contribution in [1.29, 1.82) is 0 Å². The zero-order chi connectivity index (χ0) is 15.7. The molecule has 0 aliphatic heterocycles. The van der Waals surface area contributed by atoms with Crippen LogP contribution in [-0.2, 0) is 0 Å². The van der Waals surface area contributed by atoms with Crippen molar-refractivity contribution in [2.45, 2.75) is 58.1 Å². The van der Waals surface area contributed by atoms with E-state index in [4.69, 9.17) is 5.73 Å². The van der Waals surface area contributed by atoms with Crippen molar-refractivity contribution in [3.63, 3.8) is 0 Å². The first-order valence-corrected chi connectivity index (χ1v) is 8.89. The highest BCUT2D eigenvalue weighted by Gasteiger charge is 2.60. The van der Waals surface area contributed by atoms with E-state index in [-0.39, 0.29) is 23.0 Å². The van der Waals surface area contributed by atoms with Crippen LogP contribution in [-0.4, -0.2) is 22.4 Å². The SMILES string of the molecule is C[C@]12C=C[C@H](N)C[C@H]1C[C@H](O)[C@@H]1[C@@H]2CC[C@]2(C)C(O)=CC[C@@H]12. The summed E-state index contributed by atoms with van der Waals surface area (Å²) >= 11 is 0. The summed E-state index contributed by atoms with van der Waals surface area (Å²) in [7, 11) is 0. The first kappa shape index (κ1) is 14.8. The van der Waals surface area contributed by atoms with Crippen LogP contribution in [0, 0.1) is 34.5 Å². The summed E-state index contributed by atoms with van der Waals surface area (Å²) in [5, 5.41) is 21.3. The minimum absolute atomic E-state index is 0.111. The van der Waals surface area contributed by atoms with Gasteiger partial charge < -0.3 is 15.9 Å². The maximum Gasteiger partial charge on any atom is 0.0944 e. The Kier molecular flexibility index (Phi) is 3.09. The van der Waals surface area contributed by atoms with E-state index in [9.17, 15) is 10.2 Å². The van der Waals surface area contributed by atoms with Crippen LogP contribution >= 0.6 is 0 Å². The average Bonchev–Trinajstić information content (AvgIpc) is 2.77. The molecule has 4 aliphatic carbocycles. The van der Waals surface area contributed by atoms with Gasteiger partial charge in [-0.2, -0.15) is 0 Å². The molecule has 0 radical (unpaired) electrons. The van der Waals surface area contributed by atoms with Gasteiger partial charge in [0.25, 0.3) is 0 Å². The second kappa shape index (κ2) is 4.61. The molecule has 0 heterocycles. The third-order valence-electron chi connectivity index (χ3n) is 7.78. The van der Waals surface area contributed by atoms with Gasteiger partial charge in [-0.25, -0.2) is 0 Å². The molecule has 22 heavy (non-hydrogen) atoms. The Labute approximate surface area is 133 Å². The van der Waals surface area contributed by atoms with Gasteiger partial charge in [0.15, 0.2) is 0 Å². The van der Waals surface area contributed by atoms with Crippen molar-refractivity contribution in [2.24, 2.45) is 40.2 Å². The summed E-state index contributed by atoms with van der Waals surface area (Å²) in [4.78, 5) is 0. The Balaban J connectivity index is 1.72. The first-order chi connectivity index (χ1) is 10.4. The van der Waals surface area contributed by atoms with Crippen LogP contribution in [0.5, 0.6) is 0 Å². The van der Waals surface area contributed by atoms with Crippen molar-refractivity contribution in [3.8, 4) is 0 Å². The maximum absolute atomic E-state index is 10.9. The van der Waals surface area contributed by atoms with Crippen LogP contribution in [0.25, 0.3) is 0 Å². The topological polar surface area (TPSA) is 66.5 Å². The molecule has 0 bridgehead atoms. The molecule has 2 fully saturated rings. The molecule has 3 nitrogen and oxygen atoms in total. The number of allylic oxidation sites excluding steroid dienone is 3.